The molecule has 1 aliphatic rings. The molecule has 0 N–H and O–H groups in total. The minimum absolute atomic E-state index is 0.584. The molecule has 0 bridgehead atoms. The highest BCUT2D eigenvalue weighted by atomic mass is 35.5. The Hall–Kier alpha value is -1.52. The van der Waals surface area contributed by atoms with Crippen LogP contribution in [0.3, 0.4) is 0 Å². The Morgan fingerprint density at radius 1 is 1.25 bits per heavy atom. The molecule has 5 heteroatoms. The average molecular weight is 302 g/mol. The number of halogens is 1. The van der Waals surface area contributed by atoms with Crippen LogP contribution in [0.5, 0.6) is 0 Å². The quantitative estimate of drug-likeness (QED) is 0.632. The van der Waals surface area contributed by atoms with Gasteiger partial charge in [-0.1, -0.05) is 11.6 Å². The summed E-state index contributed by atoms with van der Waals surface area (Å²) >= 11 is 8.19. The molecular weight excluding hydrogens is 290 g/mol. The van der Waals surface area contributed by atoms with Crippen molar-refractivity contribution < 1.29 is 0 Å². The predicted molar refractivity (Wildman–Crippen MR) is 82.4 cm³/mol. The Morgan fingerprint density at radius 2 is 2.15 bits per heavy atom. The van der Waals surface area contributed by atoms with Crippen molar-refractivity contribution in [3.63, 3.8) is 0 Å². The number of aryl methyl sites for hydroxylation is 3. The Labute approximate surface area is 125 Å². The van der Waals surface area contributed by atoms with Gasteiger partial charge in [-0.25, -0.2) is 9.97 Å². The molecule has 0 fully saturated rings. The van der Waals surface area contributed by atoms with E-state index in [2.05, 4.69) is 9.97 Å². The van der Waals surface area contributed by atoms with Crippen molar-refractivity contribution in [3.8, 4) is 11.4 Å². The SMILES string of the molecule is Cc1cnccc1-c1nc(Cl)c2c3c(sc2n1)CCC3. The summed E-state index contributed by atoms with van der Waals surface area (Å²) in [5.74, 6) is 0.697. The lowest BCUT2D eigenvalue weighted by Gasteiger charge is -2.05. The van der Waals surface area contributed by atoms with Gasteiger partial charge in [-0.15, -0.1) is 11.3 Å². The monoisotopic (exact) mass is 301 g/mol. The third-order valence-electron chi connectivity index (χ3n) is 3.78. The second-order valence-electron chi connectivity index (χ2n) is 5.07. The molecule has 0 amide bonds. The van der Waals surface area contributed by atoms with Crippen LogP contribution in [0.2, 0.25) is 5.15 Å². The summed E-state index contributed by atoms with van der Waals surface area (Å²) in [6.45, 7) is 2.01. The van der Waals surface area contributed by atoms with Crippen molar-refractivity contribution in [1.29, 1.82) is 0 Å². The zero-order valence-electron chi connectivity index (χ0n) is 11.0. The van der Waals surface area contributed by atoms with Crippen LogP contribution in [-0.2, 0) is 12.8 Å². The van der Waals surface area contributed by atoms with E-state index in [0.29, 0.717) is 11.0 Å². The largest absolute Gasteiger partial charge is 0.264 e. The fourth-order valence-electron chi connectivity index (χ4n) is 2.80. The zero-order chi connectivity index (χ0) is 13.7. The summed E-state index contributed by atoms with van der Waals surface area (Å²) in [5, 5.41) is 1.65. The van der Waals surface area contributed by atoms with Gasteiger partial charge in [0, 0.05) is 22.8 Å². The number of nitrogens with zero attached hydrogens (tertiary/aromatic N) is 3. The lowest BCUT2D eigenvalue weighted by Crippen LogP contribution is -1.93. The van der Waals surface area contributed by atoms with Gasteiger partial charge in [0.1, 0.15) is 9.98 Å². The Balaban J connectivity index is 1.98. The highest BCUT2D eigenvalue weighted by Crippen LogP contribution is 2.40. The van der Waals surface area contributed by atoms with E-state index >= 15 is 0 Å². The van der Waals surface area contributed by atoms with Gasteiger partial charge in [-0.2, -0.15) is 0 Å². The van der Waals surface area contributed by atoms with Crippen molar-refractivity contribution in [2.45, 2.75) is 26.2 Å². The summed E-state index contributed by atoms with van der Waals surface area (Å²) in [4.78, 5) is 15.8. The first-order valence-electron chi connectivity index (χ1n) is 6.63. The summed E-state index contributed by atoms with van der Waals surface area (Å²) in [7, 11) is 0. The van der Waals surface area contributed by atoms with E-state index in [4.69, 9.17) is 16.6 Å². The van der Waals surface area contributed by atoms with Gasteiger partial charge in [0.25, 0.3) is 0 Å². The maximum Gasteiger partial charge on any atom is 0.162 e. The molecule has 0 unspecified atom stereocenters. The van der Waals surface area contributed by atoms with Gasteiger partial charge in [-0.05, 0) is 43.4 Å². The van der Waals surface area contributed by atoms with Gasteiger partial charge in [0.2, 0.25) is 0 Å². The highest BCUT2D eigenvalue weighted by Gasteiger charge is 2.22. The van der Waals surface area contributed by atoms with Crippen molar-refractivity contribution in [2.24, 2.45) is 0 Å². The third-order valence-corrected chi connectivity index (χ3v) is 5.24. The molecule has 0 atom stereocenters. The highest BCUT2D eigenvalue weighted by molar-refractivity contribution is 7.19. The van der Waals surface area contributed by atoms with Crippen molar-refractivity contribution in [1.82, 2.24) is 15.0 Å². The van der Waals surface area contributed by atoms with E-state index in [0.717, 1.165) is 34.2 Å². The first-order chi connectivity index (χ1) is 9.74. The third kappa shape index (κ3) is 1.75. The lowest BCUT2D eigenvalue weighted by atomic mass is 10.1. The summed E-state index contributed by atoms with van der Waals surface area (Å²) in [5.41, 5.74) is 3.43. The maximum atomic E-state index is 6.43. The normalized spacial score (nSPS) is 13.9. The molecule has 0 aliphatic heterocycles. The summed E-state index contributed by atoms with van der Waals surface area (Å²) < 4.78 is 0. The van der Waals surface area contributed by atoms with Crippen LogP contribution in [-0.4, -0.2) is 15.0 Å². The van der Waals surface area contributed by atoms with Crippen molar-refractivity contribution >= 4 is 33.2 Å². The molecule has 0 aromatic carbocycles. The number of aromatic nitrogens is 3. The molecule has 3 aromatic heterocycles. The fourth-order valence-corrected chi connectivity index (χ4v) is 4.40. The molecule has 4 rings (SSSR count). The standard InChI is InChI=1S/C15H12ClN3S/c1-8-7-17-6-5-9(8)14-18-13(16)12-10-3-2-4-11(10)20-15(12)19-14/h5-7H,2-4H2,1H3. The number of pyridine rings is 1. The fraction of sp³-hybridized carbons (Fsp3) is 0.267. The molecule has 3 aromatic rings. The Kier molecular flexibility index (Phi) is 2.75. The minimum Gasteiger partial charge on any atom is -0.264 e. The summed E-state index contributed by atoms with van der Waals surface area (Å²) in [6.07, 6.45) is 7.06. The molecule has 0 spiro atoms. The van der Waals surface area contributed by atoms with Crippen molar-refractivity contribution in [2.75, 3.05) is 0 Å². The predicted octanol–water partition coefficient (Wildman–Crippen LogP) is 4.20. The first kappa shape index (κ1) is 12.2. The van der Waals surface area contributed by atoms with E-state index in [-0.39, 0.29) is 0 Å². The lowest BCUT2D eigenvalue weighted by molar-refractivity contribution is 0.917. The maximum absolute atomic E-state index is 6.43. The van der Waals surface area contributed by atoms with Gasteiger partial charge >= 0.3 is 0 Å². The topological polar surface area (TPSA) is 38.7 Å². The molecule has 0 radical (unpaired) electrons. The molecule has 0 saturated carbocycles. The van der Waals surface area contributed by atoms with E-state index in [1.165, 1.54) is 16.9 Å². The van der Waals surface area contributed by atoms with Crippen LogP contribution < -0.4 is 0 Å². The second kappa shape index (κ2) is 4.50. The van der Waals surface area contributed by atoms with Crippen LogP contribution in [0.25, 0.3) is 21.6 Å². The van der Waals surface area contributed by atoms with E-state index in [1.807, 2.05) is 19.2 Å². The molecular formula is C15H12ClN3S. The number of hydrogen-bond acceptors (Lipinski definition) is 4. The smallest absolute Gasteiger partial charge is 0.162 e. The molecule has 100 valence electrons. The van der Waals surface area contributed by atoms with Crippen LogP contribution in [0, 0.1) is 6.92 Å². The molecule has 20 heavy (non-hydrogen) atoms. The first-order valence-corrected chi connectivity index (χ1v) is 7.82. The van der Waals surface area contributed by atoms with Crippen molar-refractivity contribution in [3.05, 3.63) is 39.6 Å². The van der Waals surface area contributed by atoms with Gasteiger partial charge in [-0.3, -0.25) is 4.98 Å². The molecule has 0 saturated heterocycles. The Bertz CT molecular complexity index is 825. The van der Waals surface area contributed by atoms with Crippen LogP contribution in [0.1, 0.15) is 22.4 Å². The van der Waals surface area contributed by atoms with Crippen LogP contribution in [0.4, 0.5) is 0 Å². The van der Waals surface area contributed by atoms with Gasteiger partial charge < -0.3 is 0 Å². The van der Waals surface area contributed by atoms with Crippen LogP contribution in [0.15, 0.2) is 18.5 Å². The van der Waals surface area contributed by atoms with Crippen LogP contribution >= 0.6 is 22.9 Å². The number of hydrogen-bond donors (Lipinski definition) is 0. The van der Waals surface area contributed by atoms with E-state index in [1.54, 1.807) is 17.5 Å². The molecule has 1 aliphatic carbocycles. The van der Waals surface area contributed by atoms with Gasteiger partial charge in [0.15, 0.2) is 5.82 Å². The second-order valence-corrected chi connectivity index (χ2v) is 6.51. The number of fused-ring (bicyclic) bond motifs is 3. The van der Waals surface area contributed by atoms with Gasteiger partial charge in [0.05, 0.1) is 5.39 Å². The summed E-state index contributed by atoms with van der Waals surface area (Å²) in [6, 6.07) is 1.94. The molecule has 3 heterocycles. The number of rotatable bonds is 1. The minimum atomic E-state index is 0.584. The van der Waals surface area contributed by atoms with E-state index in [9.17, 15) is 0 Å². The number of thiophene rings is 1. The molecule has 3 nitrogen and oxygen atoms in total. The van der Waals surface area contributed by atoms with E-state index < -0.39 is 0 Å². The zero-order valence-corrected chi connectivity index (χ0v) is 12.6. The Morgan fingerprint density at radius 3 is 3.00 bits per heavy atom. The average Bonchev–Trinajstić information content (AvgIpc) is 2.98.